The molecule has 3 nitrogen and oxygen atoms in total. The van der Waals surface area contributed by atoms with Crippen LogP contribution in [0.1, 0.15) is 17.0 Å². The fraction of sp³-hybridized carbons (Fsp3) is 0.111. The third-order valence-corrected chi connectivity index (χ3v) is 4.28. The van der Waals surface area contributed by atoms with Crippen molar-refractivity contribution in [1.82, 2.24) is 14.8 Å². The van der Waals surface area contributed by atoms with Crippen molar-refractivity contribution < 1.29 is 13.2 Å². The lowest BCUT2D eigenvalue weighted by Gasteiger charge is -2.19. The zero-order valence-corrected chi connectivity index (χ0v) is 14.7. The van der Waals surface area contributed by atoms with E-state index in [0.717, 1.165) is 11.8 Å². The Morgan fingerprint density at radius 2 is 1.77 bits per heavy atom. The van der Waals surface area contributed by atoms with E-state index in [1.807, 2.05) is 0 Å². The maximum absolute atomic E-state index is 13.5. The molecule has 0 N–H and O–H groups in total. The van der Waals surface area contributed by atoms with Crippen molar-refractivity contribution in [2.45, 2.75) is 12.1 Å². The number of rotatable bonds is 4. The molecule has 0 saturated heterocycles. The number of nitrogens with zero attached hydrogens (tertiary/aromatic N) is 3. The monoisotopic (exact) mass is 397 g/mol. The number of hydrogen-bond donors (Lipinski definition) is 0. The van der Waals surface area contributed by atoms with Crippen LogP contribution >= 0.6 is 23.2 Å². The first-order valence-electron chi connectivity index (χ1n) is 7.49. The average molecular weight is 398 g/mol. The van der Waals surface area contributed by atoms with Crippen LogP contribution in [-0.4, -0.2) is 20.9 Å². The second kappa shape index (κ2) is 7.51. The summed E-state index contributed by atoms with van der Waals surface area (Å²) in [6.45, 7) is 0. The van der Waals surface area contributed by atoms with Crippen molar-refractivity contribution in [3.05, 3.63) is 82.4 Å². The highest BCUT2D eigenvalue weighted by atomic mass is 35.5. The molecule has 0 aliphatic rings. The lowest BCUT2D eigenvalue weighted by molar-refractivity contribution is -0.139. The molecule has 0 spiro atoms. The largest absolute Gasteiger partial charge is 0.399 e. The summed E-state index contributed by atoms with van der Waals surface area (Å²) in [6.07, 6.45) is 0.913. The smallest absolute Gasteiger partial charge is 0.223 e. The van der Waals surface area contributed by atoms with E-state index in [9.17, 15) is 13.2 Å². The van der Waals surface area contributed by atoms with Crippen molar-refractivity contribution in [3.8, 4) is 5.69 Å². The van der Waals surface area contributed by atoms with E-state index in [1.165, 1.54) is 36.9 Å². The molecular weight excluding hydrogens is 386 g/mol. The summed E-state index contributed by atoms with van der Waals surface area (Å²) in [7, 11) is 0. The molecule has 0 bridgehead atoms. The van der Waals surface area contributed by atoms with Gasteiger partial charge in [-0.3, -0.25) is 0 Å². The fourth-order valence-electron chi connectivity index (χ4n) is 2.43. The molecule has 1 atom stereocenters. The van der Waals surface area contributed by atoms with Gasteiger partial charge in [0.15, 0.2) is 0 Å². The van der Waals surface area contributed by atoms with Gasteiger partial charge in [0.25, 0.3) is 0 Å². The Balaban J connectivity index is 1.88. The van der Waals surface area contributed by atoms with Crippen molar-refractivity contribution in [3.63, 3.8) is 0 Å². The number of halogens is 5. The number of aromatic nitrogens is 3. The summed E-state index contributed by atoms with van der Waals surface area (Å²) >= 11 is 11.8. The number of hydrogen-bond acceptors (Lipinski definition) is 2. The van der Waals surface area contributed by atoms with Crippen LogP contribution in [0.5, 0.6) is 0 Å². The van der Waals surface area contributed by atoms with E-state index in [1.54, 1.807) is 28.9 Å². The second-order valence-electron chi connectivity index (χ2n) is 5.48. The van der Waals surface area contributed by atoms with Gasteiger partial charge in [-0.2, -0.15) is 18.3 Å². The maximum Gasteiger partial charge on any atom is 0.399 e. The SMILES string of the molecule is FC(F)(F)C(C=Cc1ccc(-n2cncn2)cc1)c1cc(Cl)ccc1Cl. The molecule has 3 aromatic rings. The highest BCUT2D eigenvalue weighted by molar-refractivity contribution is 6.33. The zero-order chi connectivity index (χ0) is 18.7. The lowest BCUT2D eigenvalue weighted by atomic mass is 9.97. The van der Waals surface area contributed by atoms with Crippen LogP contribution in [0.2, 0.25) is 10.0 Å². The first-order chi connectivity index (χ1) is 12.3. The predicted molar refractivity (Wildman–Crippen MR) is 95.7 cm³/mol. The Labute approximate surface area is 157 Å². The van der Waals surface area contributed by atoms with E-state index in [-0.39, 0.29) is 15.6 Å². The molecule has 0 amide bonds. The number of allylic oxidation sites excluding steroid dienone is 1. The summed E-state index contributed by atoms with van der Waals surface area (Å²) < 4.78 is 42.0. The van der Waals surface area contributed by atoms with Gasteiger partial charge in [-0.25, -0.2) is 9.67 Å². The molecule has 0 fully saturated rings. The molecule has 2 aromatic carbocycles. The predicted octanol–water partition coefficient (Wildman–Crippen LogP) is 5.93. The molecule has 1 heterocycles. The summed E-state index contributed by atoms with van der Waals surface area (Å²) in [5.41, 5.74) is 1.29. The quantitative estimate of drug-likeness (QED) is 0.545. The molecule has 134 valence electrons. The molecule has 1 aromatic heterocycles. The average Bonchev–Trinajstić information content (AvgIpc) is 3.12. The topological polar surface area (TPSA) is 30.7 Å². The molecule has 1 unspecified atom stereocenters. The van der Waals surface area contributed by atoms with Crippen LogP contribution in [0, 0.1) is 0 Å². The normalized spacial score (nSPS) is 13.3. The molecule has 0 aliphatic carbocycles. The van der Waals surface area contributed by atoms with Gasteiger partial charge in [0.05, 0.1) is 11.6 Å². The maximum atomic E-state index is 13.5. The van der Waals surface area contributed by atoms with Crippen LogP contribution in [0.4, 0.5) is 13.2 Å². The summed E-state index contributed by atoms with van der Waals surface area (Å²) in [4.78, 5) is 3.85. The van der Waals surface area contributed by atoms with E-state index in [4.69, 9.17) is 23.2 Å². The lowest BCUT2D eigenvalue weighted by Crippen LogP contribution is -2.19. The molecule has 3 rings (SSSR count). The van der Waals surface area contributed by atoms with Crippen molar-refractivity contribution in [2.24, 2.45) is 0 Å². The zero-order valence-electron chi connectivity index (χ0n) is 13.2. The van der Waals surface area contributed by atoms with Crippen LogP contribution in [-0.2, 0) is 0 Å². The van der Waals surface area contributed by atoms with Crippen LogP contribution in [0.15, 0.2) is 61.2 Å². The van der Waals surface area contributed by atoms with Crippen molar-refractivity contribution >= 4 is 29.3 Å². The van der Waals surface area contributed by atoms with Crippen molar-refractivity contribution in [2.75, 3.05) is 0 Å². The second-order valence-corrected chi connectivity index (χ2v) is 6.32. The van der Waals surface area contributed by atoms with Gasteiger partial charge in [0, 0.05) is 10.0 Å². The van der Waals surface area contributed by atoms with E-state index >= 15 is 0 Å². The van der Waals surface area contributed by atoms with E-state index in [2.05, 4.69) is 10.1 Å². The van der Waals surface area contributed by atoms with Crippen LogP contribution in [0.25, 0.3) is 11.8 Å². The summed E-state index contributed by atoms with van der Waals surface area (Å²) in [6, 6.07) is 10.9. The third kappa shape index (κ3) is 4.26. The Kier molecular flexibility index (Phi) is 5.34. The van der Waals surface area contributed by atoms with Crippen LogP contribution < -0.4 is 0 Å². The van der Waals surface area contributed by atoms with Gasteiger partial charge in [0.2, 0.25) is 0 Å². The minimum absolute atomic E-state index is 0.0166. The standard InChI is InChI=1S/C18H12Cl2F3N3/c19-13-4-8-17(20)15(9-13)16(18(21,22)23)7-3-12-1-5-14(6-2-12)26-11-24-10-25-26/h1-11,16H. The van der Waals surface area contributed by atoms with Gasteiger partial charge < -0.3 is 0 Å². The van der Waals surface area contributed by atoms with E-state index in [0.29, 0.717) is 5.56 Å². The molecule has 26 heavy (non-hydrogen) atoms. The summed E-state index contributed by atoms with van der Waals surface area (Å²) in [5, 5.41) is 4.21. The summed E-state index contributed by atoms with van der Waals surface area (Å²) in [5.74, 6) is -1.86. The minimum Gasteiger partial charge on any atom is -0.223 e. The minimum atomic E-state index is -4.49. The van der Waals surface area contributed by atoms with Gasteiger partial charge in [0.1, 0.15) is 12.7 Å². The Morgan fingerprint density at radius 3 is 2.38 bits per heavy atom. The highest BCUT2D eigenvalue weighted by Crippen LogP contribution is 2.40. The Morgan fingerprint density at radius 1 is 1.04 bits per heavy atom. The number of alkyl halides is 3. The molecule has 0 aliphatic heterocycles. The van der Waals surface area contributed by atoms with Crippen molar-refractivity contribution in [1.29, 1.82) is 0 Å². The van der Waals surface area contributed by atoms with Crippen LogP contribution in [0.3, 0.4) is 0 Å². The van der Waals surface area contributed by atoms with E-state index < -0.39 is 12.1 Å². The van der Waals surface area contributed by atoms with Gasteiger partial charge in [-0.1, -0.05) is 47.5 Å². The molecule has 0 radical (unpaired) electrons. The fourth-order valence-corrected chi connectivity index (χ4v) is 2.84. The molecule has 8 heteroatoms. The molecule has 0 saturated carbocycles. The molecular formula is C18H12Cl2F3N3. The first kappa shape index (κ1) is 18.5. The first-order valence-corrected chi connectivity index (χ1v) is 8.25. The van der Waals surface area contributed by atoms with Gasteiger partial charge in [-0.15, -0.1) is 0 Å². The highest BCUT2D eigenvalue weighted by Gasteiger charge is 2.40. The van der Waals surface area contributed by atoms with Gasteiger partial charge in [-0.05, 0) is 41.5 Å². The Bertz CT molecular complexity index is 904. The Hall–Kier alpha value is -2.31. The van der Waals surface area contributed by atoms with Gasteiger partial charge >= 0.3 is 6.18 Å². The third-order valence-electron chi connectivity index (χ3n) is 3.70. The number of benzene rings is 2.